The summed E-state index contributed by atoms with van der Waals surface area (Å²) < 4.78 is 20.4. The molecule has 0 aromatic carbocycles. The van der Waals surface area contributed by atoms with E-state index in [-0.39, 0.29) is 5.82 Å². The normalized spacial score (nSPS) is 29.2. The molecule has 2 aromatic rings. The molecule has 0 radical (unpaired) electrons. The van der Waals surface area contributed by atoms with Gasteiger partial charge in [-0.1, -0.05) is 0 Å². The van der Waals surface area contributed by atoms with Crippen LogP contribution >= 0.6 is 0 Å². The third-order valence-electron chi connectivity index (χ3n) is 3.56. The van der Waals surface area contributed by atoms with Crippen molar-refractivity contribution in [1.82, 2.24) is 14.5 Å². The molecule has 1 saturated heterocycles. The average molecular weight is 298 g/mol. The molecule has 2 aromatic heterocycles. The number of nitrogens with zero attached hydrogens (tertiary/aromatic N) is 3. The highest BCUT2D eigenvalue weighted by Crippen LogP contribution is 2.32. The summed E-state index contributed by atoms with van der Waals surface area (Å²) in [6, 6.07) is 1.16. The second kappa shape index (κ2) is 5.19. The van der Waals surface area contributed by atoms with Crippen molar-refractivity contribution in [1.29, 1.82) is 0 Å². The predicted octanol–water partition coefficient (Wildman–Crippen LogP) is -0.776. The van der Waals surface area contributed by atoms with Crippen molar-refractivity contribution in [2.45, 2.75) is 24.5 Å². The minimum Gasteiger partial charge on any atom is -0.394 e. The first-order valence-electron chi connectivity index (χ1n) is 6.40. The molecule has 1 fully saturated rings. The van der Waals surface area contributed by atoms with Crippen LogP contribution in [-0.4, -0.2) is 61.8 Å². The molecule has 0 amide bonds. The number of aromatic nitrogens is 3. The van der Waals surface area contributed by atoms with E-state index < -0.39 is 37.1 Å². The summed E-state index contributed by atoms with van der Waals surface area (Å²) in [5.74, 6) is -0.448. The second-order valence-corrected chi connectivity index (χ2v) is 4.79. The van der Waals surface area contributed by atoms with Crippen molar-refractivity contribution in [3.63, 3.8) is 0 Å². The average Bonchev–Trinajstić information content (AvgIpc) is 3.01. The molecule has 3 heterocycles. The quantitative estimate of drug-likeness (QED) is 0.550. The standard InChI is InChI=1S/C12H15FN4O4/c1-14-11-8-5(2-7(13)16-11)17(4-15-8)12-10(20)9(19)6(3-18)21-12/h2,4,6,9-10,12,18-20H,3H2,1H3,(H,14,16)/t6-,9+,10-,12-/m1/s1. The Labute approximate surface area is 118 Å². The smallest absolute Gasteiger partial charge is 0.217 e. The van der Waals surface area contributed by atoms with Gasteiger partial charge in [0.05, 0.1) is 18.5 Å². The first-order valence-corrected chi connectivity index (χ1v) is 6.40. The Bertz CT molecular complexity index is 664. The zero-order valence-corrected chi connectivity index (χ0v) is 11.1. The fourth-order valence-electron chi connectivity index (χ4n) is 2.49. The van der Waals surface area contributed by atoms with Crippen molar-refractivity contribution in [3.8, 4) is 0 Å². The molecule has 9 heteroatoms. The van der Waals surface area contributed by atoms with Gasteiger partial charge in [0.25, 0.3) is 0 Å². The number of halogens is 1. The van der Waals surface area contributed by atoms with Crippen LogP contribution in [-0.2, 0) is 4.74 Å². The van der Waals surface area contributed by atoms with Gasteiger partial charge in [0.1, 0.15) is 23.8 Å². The van der Waals surface area contributed by atoms with Crippen LogP contribution < -0.4 is 5.32 Å². The molecule has 0 saturated carbocycles. The zero-order chi connectivity index (χ0) is 15.1. The number of hydrogen-bond donors (Lipinski definition) is 4. The molecule has 4 N–H and O–H groups in total. The van der Waals surface area contributed by atoms with Gasteiger partial charge in [0, 0.05) is 13.1 Å². The lowest BCUT2D eigenvalue weighted by atomic mass is 10.1. The lowest BCUT2D eigenvalue weighted by molar-refractivity contribution is -0.0509. The van der Waals surface area contributed by atoms with E-state index in [0.717, 1.165) is 6.07 Å². The van der Waals surface area contributed by atoms with Crippen molar-refractivity contribution < 1.29 is 24.4 Å². The van der Waals surface area contributed by atoms with Crippen LogP contribution in [0, 0.1) is 5.95 Å². The topological polar surface area (TPSA) is 113 Å². The molecule has 21 heavy (non-hydrogen) atoms. The summed E-state index contributed by atoms with van der Waals surface area (Å²) in [7, 11) is 1.59. The number of fused-ring (bicyclic) bond motifs is 1. The molecule has 1 aliphatic heterocycles. The van der Waals surface area contributed by atoms with Crippen LogP contribution in [0.3, 0.4) is 0 Å². The molecule has 3 rings (SSSR count). The minimum atomic E-state index is -1.26. The Morgan fingerprint density at radius 2 is 2.19 bits per heavy atom. The number of imidazole rings is 1. The molecule has 0 unspecified atom stereocenters. The van der Waals surface area contributed by atoms with Gasteiger partial charge in [-0.3, -0.25) is 0 Å². The van der Waals surface area contributed by atoms with Crippen LogP contribution in [0.25, 0.3) is 11.0 Å². The van der Waals surface area contributed by atoms with Gasteiger partial charge in [-0.15, -0.1) is 0 Å². The van der Waals surface area contributed by atoms with Crippen molar-refractivity contribution in [2.24, 2.45) is 0 Å². The molecule has 8 nitrogen and oxygen atoms in total. The number of rotatable bonds is 3. The molecule has 1 aliphatic rings. The minimum absolute atomic E-state index is 0.260. The summed E-state index contributed by atoms with van der Waals surface area (Å²) in [4.78, 5) is 7.80. The Hall–Kier alpha value is -1.81. The number of aliphatic hydroxyl groups is 3. The lowest BCUT2D eigenvalue weighted by Gasteiger charge is -2.17. The van der Waals surface area contributed by atoms with E-state index in [1.165, 1.54) is 10.9 Å². The lowest BCUT2D eigenvalue weighted by Crippen LogP contribution is -2.33. The number of aliphatic hydroxyl groups excluding tert-OH is 3. The molecule has 0 aliphatic carbocycles. The highest BCUT2D eigenvalue weighted by molar-refractivity contribution is 5.85. The predicted molar refractivity (Wildman–Crippen MR) is 70.0 cm³/mol. The van der Waals surface area contributed by atoms with Gasteiger partial charge < -0.3 is 29.9 Å². The number of hydrogen-bond acceptors (Lipinski definition) is 7. The molecule has 0 spiro atoms. The van der Waals surface area contributed by atoms with Crippen LogP contribution in [0.5, 0.6) is 0 Å². The van der Waals surface area contributed by atoms with E-state index in [1.54, 1.807) is 7.05 Å². The third kappa shape index (κ3) is 2.14. The molecule has 114 valence electrons. The van der Waals surface area contributed by atoms with Gasteiger partial charge in [0.2, 0.25) is 5.95 Å². The van der Waals surface area contributed by atoms with Gasteiger partial charge in [0.15, 0.2) is 12.0 Å². The van der Waals surface area contributed by atoms with Gasteiger partial charge in [-0.2, -0.15) is 4.39 Å². The summed E-state index contributed by atoms with van der Waals surface area (Å²) >= 11 is 0. The number of nitrogens with one attached hydrogen (secondary N) is 1. The van der Waals surface area contributed by atoms with Gasteiger partial charge >= 0.3 is 0 Å². The Morgan fingerprint density at radius 1 is 1.43 bits per heavy atom. The van der Waals surface area contributed by atoms with E-state index in [4.69, 9.17) is 9.84 Å². The van der Waals surface area contributed by atoms with Crippen LogP contribution in [0.1, 0.15) is 6.23 Å². The Kier molecular flexibility index (Phi) is 3.49. The van der Waals surface area contributed by atoms with Gasteiger partial charge in [-0.25, -0.2) is 9.97 Å². The molecular formula is C12H15FN4O4. The maximum Gasteiger partial charge on any atom is 0.217 e. The SMILES string of the molecule is CNc1nc(F)cc2c1ncn2[C@@H]1O[C@H](CO)[C@H](O)[C@H]1O. The van der Waals surface area contributed by atoms with Crippen molar-refractivity contribution >= 4 is 16.9 Å². The third-order valence-corrected chi connectivity index (χ3v) is 3.56. The Morgan fingerprint density at radius 3 is 2.81 bits per heavy atom. The van der Waals surface area contributed by atoms with Crippen molar-refractivity contribution in [3.05, 3.63) is 18.3 Å². The second-order valence-electron chi connectivity index (χ2n) is 4.79. The van der Waals surface area contributed by atoms with Crippen LogP contribution in [0.4, 0.5) is 10.2 Å². The molecular weight excluding hydrogens is 283 g/mol. The monoisotopic (exact) mass is 298 g/mol. The largest absolute Gasteiger partial charge is 0.394 e. The number of pyridine rings is 1. The summed E-state index contributed by atoms with van der Waals surface area (Å²) in [5.41, 5.74) is 0.776. The Balaban J connectivity index is 2.07. The van der Waals surface area contributed by atoms with E-state index in [1.807, 2.05) is 0 Å². The fourth-order valence-corrected chi connectivity index (χ4v) is 2.49. The van der Waals surface area contributed by atoms with E-state index in [9.17, 15) is 14.6 Å². The first-order chi connectivity index (χ1) is 10.1. The summed E-state index contributed by atoms with van der Waals surface area (Å²) in [5, 5.41) is 31.7. The van der Waals surface area contributed by atoms with E-state index >= 15 is 0 Å². The summed E-state index contributed by atoms with van der Waals surface area (Å²) in [6.07, 6.45) is -2.99. The fraction of sp³-hybridized carbons (Fsp3) is 0.500. The molecule has 0 bridgehead atoms. The van der Waals surface area contributed by atoms with E-state index in [0.29, 0.717) is 11.0 Å². The highest BCUT2D eigenvalue weighted by Gasteiger charge is 2.43. The van der Waals surface area contributed by atoms with Crippen LogP contribution in [0.2, 0.25) is 0 Å². The number of ether oxygens (including phenoxy) is 1. The maximum absolute atomic E-state index is 13.6. The van der Waals surface area contributed by atoms with Gasteiger partial charge in [-0.05, 0) is 0 Å². The van der Waals surface area contributed by atoms with Crippen molar-refractivity contribution in [2.75, 3.05) is 19.0 Å². The number of anilines is 1. The van der Waals surface area contributed by atoms with E-state index in [2.05, 4.69) is 15.3 Å². The maximum atomic E-state index is 13.6. The van der Waals surface area contributed by atoms with Crippen LogP contribution in [0.15, 0.2) is 12.4 Å². The first kappa shape index (κ1) is 14.1. The summed E-state index contributed by atoms with van der Waals surface area (Å²) in [6.45, 7) is -0.432. The zero-order valence-electron chi connectivity index (χ0n) is 11.1. The highest BCUT2D eigenvalue weighted by atomic mass is 19.1. The molecule has 4 atom stereocenters.